The molecule has 1 aromatic carbocycles. The summed E-state index contributed by atoms with van der Waals surface area (Å²) in [7, 11) is 0. The van der Waals surface area contributed by atoms with Crippen molar-refractivity contribution < 1.29 is 0 Å². The molecule has 0 N–H and O–H groups in total. The van der Waals surface area contributed by atoms with Crippen molar-refractivity contribution in [1.82, 2.24) is 0 Å². The molecule has 0 amide bonds. The van der Waals surface area contributed by atoms with Crippen LogP contribution in [0.15, 0.2) is 24.3 Å². The molecule has 2 unspecified atom stereocenters. The fourth-order valence-corrected chi connectivity index (χ4v) is 1.87. The van der Waals surface area contributed by atoms with Crippen LogP contribution >= 0.6 is 11.6 Å². The average Bonchev–Trinajstić information content (AvgIpc) is 2.03. The molecule has 1 aromatic rings. The van der Waals surface area contributed by atoms with E-state index in [1.807, 2.05) is 6.92 Å². The van der Waals surface area contributed by atoms with Gasteiger partial charge < -0.3 is 0 Å². The highest BCUT2D eigenvalue weighted by molar-refractivity contribution is 6.20. The van der Waals surface area contributed by atoms with Crippen molar-refractivity contribution in [3.05, 3.63) is 35.4 Å². The lowest BCUT2D eigenvalue weighted by molar-refractivity contribution is 0.670. The molecule has 0 nitrogen and oxygen atoms in total. The summed E-state index contributed by atoms with van der Waals surface area (Å²) in [4.78, 5) is 0. The Morgan fingerprint density at radius 3 is 2.54 bits per heavy atom. The van der Waals surface area contributed by atoms with Crippen molar-refractivity contribution in [3.8, 4) is 0 Å². The third kappa shape index (κ3) is 3.40. The molecule has 0 spiro atoms. The molecule has 0 fully saturated rings. The summed E-state index contributed by atoms with van der Waals surface area (Å²) >= 11 is 5.96. The molecule has 0 aliphatic rings. The van der Waals surface area contributed by atoms with Gasteiger partial charge in [-0.2, -0.15) is 0 Å². The van der Waals surface area contributed by atoms with Crippen LogP contribution in [0, 0.1) is 6.92 Å². The van der Waals surface area contributed by atoms with Crippen LogP contribution in [0.1, 0.15) is 37.3 Å². The highest BCUT2D eigenvalue weighted by atomic mass is 35.5. The van der Waals surface area contributed by atoms with Crippen molar-refractivity contribution in [3.63, 3.8) is 0 Å². The van der Waals surface area contributed by atoms with Gasteiger partial charge in [0.25, 0.3) is 0 Å². The summed E-state index contributed by atoms with van der Waals surface area (Å²) < 4.78 is 0. The van der Waals surface area contributed by atoms with E-state index >= 15 is 0 Å². The highest BCUT2D eigenvalue weighted by Crippen LogP contribution is 2.23. The molecule has 0 saturated heterocycles. The van der Waals surface area contributed by atoms with E-state index in [9.17, 15) is 0 Å². The van der Waals surface area contributed by atoms with Crippen LogP contribution in [-0.4, -0.2) is 5.38 Å². The summed E-state index contributed by atoms with van der Waals surface area (Å²) in [5.41, 5.74) is 2.72. The first-order valence-electron chi connectivity index (χ1n) is 4.80. The van der Waals surface area contributed by atoms with Crippen LogP contribution in [0.4, 0.5) is 0 Å². The first-order chi connectivity index (χ1) is 6.09. The van der Waals surface area contributed by atoms with Gasteiger partial charge in [0.1, 0.15) is 0 Å². The molecule has 72 valence electrons. The lowest BCUT2D eigenvalue weighted by Gasteiger charge is -2.13. The third-order valence-electron chi connectivity index (χ3n) is 2.29. The fourth-order valence-electron chi connectivity index (χ4n) is 1.60. The molecule has 13 heavy (non-hydrogen) atoms. The minimum absolute atomic E-state index is 0.260. The molecule has 0 bridgehead atoms. The molecule has 0 aliphatic carbocycles. The number of alkyl halides is 1. The minimum atomic E-state index is 0.260. The molecular formula is C12H17Cl. The monoisotopic (exact) mass is 196 g/mol. The van der Waals surface area contributed by atoms with E-state index in [0.29, 0.717) is 5.92 Å². The van der Waals surface area contributed by atoms with Crippen LogP contribution in [0.2, 0.25) is 0 Å². The molecule has 1 heteroatoms. The lowest BCUT2D eigenvalue weighted by Crippen LogP contribution is -2.00. The van der Waals surface area contributed by atoms with E-state index in [-0.39, 0.29) is 5.38 Å². The zero-order chi connectivity index (χ0) is 9.84. The Labute approximate surface area is 85.9 Å². The van der Waals surface area contributed by atoms with Crippen molar-refractivity contribution in [2.75, 3.05) is 0 Å². The second kappa shape index (κ2) is 4.66. The number of hydrogen-bond donors (Lipinski definition) is 0. The number of halogens is 1. The van der Waals surface area contributed by atoms with Crippen LogP contribution in [0.5, 0.6) is 0 Å². The van der Waals surface area contributed by atoms with E-state index in [4.69, 9.17) is 11.6 Å². The van der Waals surface area contributed by atoms with E-state index in [1.54, 1.807) is 0 Å². The maximum Gasteiger partial charge on any atom is 0.0313 e. The highest BCUT2D eigenvalue weighted by Gasteiger charge is 2.08. The van der Waals surface area contributed by atoms with Crippen LogP contribution in [0.3, 0.4) is 0 Å². The zero-order valence-electron chi connectivity index (χ0n) is 8.55. The SMILES string of the molecule is Cc1cccc(C(C)CC(C)Cl)c1. The van der Waals surface area contributed by atoms with Gasteiger partial charge in [0.2, 0.25) is 0 Å². The summed E-state index contributed by atoms with van der Waals surface area (Å²) in [6, 6.07) is 8.65. The Balaban J connectivity index is 2.71. The predicted octanol–water partition coefficient (Wildman–Crippen LogP) is 4.12. The maximum atomic E-state index is 5.96. The molecule has 0 aliphatic heterocycles. The van der Waals surface area contributed by atoms with Gasteiger partial charge in [-0.15, -0.1) is 11.6 Å². The van der Waals surface area contributed by atoms with Gasteiger partial charge >= 0.3 is 0 Å². The quantitative estimate of drug-likeness (QED) is 0.639. The van der Waals surface area contributed by atoms with Crippen molar-refractivity contribution in [2.24, 2.45) is 0 Å². The van der Waals surface area contributed by atoms with Crippen LogP contribution < -0.4 is 0 Å². The van der Waals surface area contributed by atoms with E-state index in [0.717, 1.165) is 6.42 Å². The maximum absolute atomic E-state index is 5.96. The predicted molar refractivity (Wildman–Crippen MR) is 59.5 cm³/mol. The average molecular weight is 197 g/mol. The number of benzene rings is 1. The summed E-state index contributed by atoms with van der Waals surface area (Å²) in [5.74, 6) is 0.562. The lowest BCUT2D eigenvalue weighted by atomic mass is 9.95. The van der Waals surface area contributed by atoms with Gasteiger partial charge in [-0.3, -0.25) is 0 Å². The van der Waals surface area contributed by atoms with Crippen molar-refractivity contribution in [1.29, 1.82) is 0 Å². The van der Waals surface area contributed by atoms with Gasteiger partial charge in [-0.1, -0.05) is 36.8 Å². The Hall–Kier alpha value is -0.490. The number of rotatable bonds is 3. The van der Waals surface area contributed by atoms with Gasteiger partial charge in [-0.25, -0.2) is 0 Å². The molecule has 2 atom stereocenters. The second-order valence-electron chi connectivity index (χ2n) is 3.83. The third-order valence-corrected chi connectivity index (χ3v) is 2.47. The zero-order valence-corrected chi connectivity index (χ0v) is 9.31. The van der Waals surface area contributed by atoms with Crippen molar-refractivity contribution in [2.45, 2.75) is 38.5 Å². The van der Waals surface area contributed by atoms with Gasteiger partial charge in [0, 0.05) is 5.38 Å². The topological polar surface area (TPSA) is 0 Å². The number of hydrogen-bond acceptors (Lipinski definition) is 0. The van der Waals surface area contributed by atoms with Gasteiger partial charge in [-0.05, 0) is 31.7 Å². The standard InChI is InChI=1S/C12H17Cl/c1-9-5-4-6-12(7-9)10(2)8-11(3)13/h4-7,10-11H,8H2,1-3H3. The van der Waals surface area contributed by atoms with E-state index in [1.165, 1.54) is 11.1 Å². The first-order valence-corrected chi connectivity index (χ1v) is 5.24. The summed E-state index contributed by atoms with van der Waals surface area (Å²) in [6.07, 6.45) is 1.05. The molecule has 0 saturated carbocycles. The molecular weight excluding hydrogens is 180 g/mol. The van der Waals surface area contributed by atoms with E-state index < -0.39 is 0 Å². The fraction of sp³-hybridized carbons (Fsp3) is 0.500. The minimum Gasteiger partial charge on any atom is -0.123 e. The smallest absolute Gasteiger partial charge is 0.0313 e. The largest absolute Gasteiger partial charge is 0.123 e. The summed E-state index contributed by atoms with van der Waals surface area (Å²) in [6.45, 7) is 6.40. The van der Waals surface area contributed by atoms with E-state index in [2.05, 4.69) is 38.1 Å². The Bertz CT molecular complexity index is 266. The molecule has 1 rings (SSSR count). The van der Waals surface area contributed by atoms with Crippen molar-refractivity contribution >= 4 is 11.6 Å². The normalized spacial score (nSPS) is 15.4. The van der Waals surface area contributed by atoms with Crippen LogP contribution in [0.25, 0.3) is 0 Å². The van der Waals surface area contributed by atoms with Crippen LogP contribution in [-0.2, 0) is 0 Å². The number of aryl methyl sites for hydroxylation is 1. The van der Waals surface area contributed by atoms with Gasteiger partial charge in [0.05, 0.1) is 0 Å². The first kappa shape index (κ1) is 10.6. The Morgan fingerprint density at radius 1 is 1.31 bits per heavy atom. The Kier molecular flexibility index (Phi) is 3.80. The summed E-state index contributed by atoms with van der Waals surface area (Å²) in [5, 5.41) is 0.260. The Morgan fingerprint density at radius 2 is 2.00 bits per heavy atom. The molecule has 0 heterocycles. The second-order valence-corrected chi connectivity index (χ2v) is 4.58. The van der Waals surface area contributed by atoms with Gasteiger partial charge in [0.15, 0.2) is 0 Å². The molecule has 0 aromatic heterocycles. The molecule has 0 radical (unpaired) electrons.